The molecule has 0 aromatic carbocycles. The van der Waals surface area contributed by atoms with Gasteiger partial charge in [0.25, 0.3) is 0 Å². The van der Waals surface area contributed by atoms with E-state index in [1.165, 1.54) is 0 Å². The Labute approximate surface area is 138 Å². The molecule has 1 aliphatic heterocycles. The average Bonchev–Trinajstić information content (AvgIpc) is 3.14. The molecule has 1 saturated heterocycles. The maximum absolute atomic E-state index is 10.9. The lowest BCUT2D eigenvalue weighted by molar-refractivity contribution is 0.0764. The zero-order chi connectivity index (χ0) is 17.3. The Morgan fingerprint density at radius 3 is 2.75 bits per heavy atom. The summed E-state index contributed by atoms with van der Waals surface area (Å²) in [5, 5.41) is 0. The number of aromatic nitrogens is 4. The lowest BCUT2D eigenvalue weighted by atomic mass is 10.4. The molecule has 1 atom stereocenters. The number of nitrogens with two attached hydrogens (primary N) is 1. The second-order valence-electron chi connectivity index (χ2n) is 5.94. The van der Waals surface area contributed by atoms with Crippen LogP contribution in [0.3, 0.4) is 0 Å². The highest BCUT2D eigenvalue weighted by molar-refractivity contribution is 7.51. The van der Waals surface area contributed by atoms with E-state index >= 15 is 0 Å². The average molecular weight is 356 g/mol. The third kappa shape index (κ3) is 3.84. The Kier molecular flexibility index (Phi) is 4.73. The van der Waals surface area contributed by atoms with Crippen LogP contribution in [0.1, 0.15) is 19.8 Å². The molecule has 24 heavy (non-hydrogen) atoms. The van der Waals surface area contributed by atoms with E-state index in [0.29, 0.717) is 17.7 Å². The van der Waals surface area contributed by atoms with Crippen molar-refractivity contribution in [1.29, 1.82) is 0 Å². The number of nitrogen functional groups attached to an aromatic ring is 1. The van der Waals surface area contributed by atoms with E-state index in [0.717, 1.165) is 31.7 Å². The number of anilines is 2. The van der Waals surface area contributed by atoms with Gasteiger partial charge in [0.2, 0.25) is 5.95 Å². The van der Waals surface area contributed by atoms with E-state index < -0.39 is 20.0 Å². The normalized spacial score (nSPS) is 16.9. The molecule has 0 amide bonds. The molecule has 3 heterocycles. The molecule has 0 unspecified atom stereocenters. The van der Waals surface area contributed by atoms with Crippen LogP contribution in [-0.2, 0) is 15.8 Å². The van der Waals surface area contributed by atoms with Crippen LogP contribution in [0.4, 0.5) is 11.8 Å². The Morgan fingerprint density at radius 1 is 1.38 bits per heavy atom. The minimum absolute atomic E-state index is 0.176. The molecule has 4 N–H and O–H groups in total. The van der Waals surface area contributed by atoms with Gasteiger partial charge in [0, 0.05) is 13.1 Å². The number of nitrogens with zero attached hydrogens (tertiary/aromatic N) is 5. The van der Waals surface area contributed by atoms with Gasteiger partial charge >= 0.3 is 7.60 Å². The van der Waals surface area contributed by atoms with Crippen molar-refractivity contribution in [1.82, 2.24) is 19.5 Å². The molecular formula is C13H21N6O4P. The first-order valence-electron chi connectivity index (χ1n) is 7.73. The lowest BCUT2D eigenvalue weighted by Gasteiger charge is -2.17. The minimum Gasteiger partial charge on any atom is -0.368 e. The highest BCUT2D eigenvalue weighted by Crippen LogP contribution is 2.34. The van der Waals surface area contributed by atoms with Crippen molar-refractivity contribution >= 4 is 30.5 Å². The largest absolute Gasteiger partial charge is 0.368 e. The molecule has 2 aromatic rings. The van der Waals surface area contributed by atoms with Gasteiger partial charge in [-0.3, -0.25) is 4.57 Å². The monoisotopic (exact) mass is 356 g/mol. The standard InChI is InChI=1S/C13H21N6O4P/c1-9(23-8-24(20,21)22)6-19-7-15-10-11(18-4-2-3-5-18)16-13(14)17-12(10)19/h7,9H,2-6,8H2,1H3,(H2,14,16,17)(H2,20,21,22)/t9-/m0/s1. The summed E-state index contributed by atoms with van der Waals surface area (Å²) in [5.41, 5.74) is 7.11. The Bertz CT molecular complexity index is 769. The smallest absolute Gasteiger partial charge is 0.350 e. The van der Waals surface area contributed by atoms with Gasteiger partial charge in [-0.2, -0.15) is 9.97 Å². The summed E-state index contributed by atoms with van der Waals surface area (Å²) < 4.78 is 17.8. The fourth-order valence-electron chi connectivity index (χ4n) is 2.78. The first-order chi connectivity index (χ1) is 11.3. The van der Waals surface area contributed by atoms with Crippen LogP contribution >= 0.6 is 7.60 Å². The van der Waals surface area contributed by atoms with Crippen molar-refractivity contribution in [3.05, 3.63) is 6.33 Å². The van der Waals surface area contributed by atoms with E-state index in [2.05, 4.69) is 19.9 Å². The number of rotatable bonds is 6. The summed E-state index contributed by atoms with van der Waals surface area (Å²) in [6, 6.07) is 0. The zero-order valence-electron chi connectivity index (χ0n) is 13.4. The fraction of sp³-hybridized carbons (Fsp3) is 0.615. The molecule has 3 rings (SSSR count). The lowest BCUT2D eigenvalue weighted by Crippen LogP contribution is -2.21. The molecule has 0 saturated carbocycles. The van der Waals surface area contributed by atoms with Crippen LogP contribution in [0.2, 0.25) is 0 Å². The molecule has 10 nitrogen and oxygen atoms in total. The Morgan fingerprint density at radius 2 is 2.08 bits per heavy atom. The molecule has 11 heteroatoms. The predicted molar refractivity (Wildman–Crippen MR) is 88.6 cm³/mol. The van der Waals surface area contributed by atoms with Crippen LogP contribution in [0, 0.1) is 0 Å². The summed E-state index contributed by atoms with van der Waals surface area (Å²) in [5.74, 6) is 0.910. The highest BCUT2D eigenvalue weighted by atomic mass is 31.2. The molecule has 0 bridgehead atoms. The van der Waals surface area contributed by atoms with Crippen LogP contribution < -0.4 is 10.6 Å². The van der Waals surface area contributed by atoms with E-state index in [4.69, 9.17) is 20.3 Å². The number of fused-ring (bicyclic) bond motifs is 1. The third-order valence-electron chi connectivity index (χ3n) is 3.85. The molecule has 0 spiro atoms. The number of hydrogen-bond acceptors (Lipinski definition) is 7. The van der Waals surface area contributed by atoms with Gasteiger partial charge in [-0.15, -0.1) is 0 Å². The molecule has 0 radical (unpaired) electrons. The molecule has 1 fully saturated rings. The van der Waals surface area contributed by atoms with Crippen molar-refractivity contribution in [3.63, 3.8) is 0 Å². The van der Waals surface area contributed by atoms with Crippen LogP contribution in [-0.4, -0.2) is 54.8 Å². The SMILES string of the molecule is C[C@@H](Cn1cnc2c(N3CCCC3)nc(N)nc21)OCP(=O)(O)O. The molecule has 1 aliphatic rings. The molecule has 132 valence electrons. The van der Waals surface area contributed by atoms with Crippen molar-refractivity contribution in [2.75, 3.05) is 30.1 Å². The zero-order valence-corrected chi connectivity index (χ0v) is 14.3. The number of hydrogen-bond donors (Lipinski definition) is 3. The van der Waals surface area contributed by atoms with Crippen molar-refractivity contribution in [3.8, 4) is 0 Å². The second kappa shape index (κ2) is 6.64. The predicted octanol–water partition coefficient (Wildman–Crippen LogP) is 0.549. The van der Waals surface area contributed by atoms with E-state index in [1.54, 1.807) is 17.8 Å². The quantitative estimate of drug-likeness (QED) is 0.633. The van der Waals surface area contributed by atoms with E-state index in [9.17, 15) is 4.57 Å². The summed E-state index contributed by atoms with van der Waals surface area (Å²) in [7, 11) is -4.19. The van der Waals surface area contributed by atoms with Gasteiger partial charge in [0.15, 0.2) is 17.0 Å². The topological polar surface area (TPSA) is 140 Å². The number of imidazole rings is 1. The second-order valence-corrected chi connectivity index (χ2v) is 7.53. The first-order valence-corrected chi connectivity index (χ1v) is 9.53. The van der Waals surface area contributed by atoms with Crippen molar-refractivity contribution in [2.24, 2.45) is 0 Å². The molecular weight excluding hydrogens is 335 g/mol. The summed E-state index contributed by atoms with van der Waals surface area (Å²) in [6.45, 7) is 3.92. The van der Waals surface area contributed by atoms with Gasteiger partial charge in [-0.1, -0.05) is 0 Å². The van der Waals surface area contributed by atoms with Crippen molar-refractivity contribution < 1.29 is 19.1 Å². The Hall–Kier alpha value is -1.74. The van der Waals surface area contributed by atoms with E-state index in [-0.39, 0.29) is 5.95 Å². The molecule has 0 aliphatic carbocycles. The van der Waals surface area contributed by atoms with Gasteiger partial charge in [-0.25, -0.2) is 4.98 Å². The fourth-order valence-corrected chi connectivity index (χ4v) is 3.23. The van der Waals surface area contributed by atoms with Crippen LogP contribution in [0.15, 0.2) is 6.33 Å². The maximum atomic E-state index is 10.9. The van der Waals surface area contributed by atoms with Crippen LogP contribution in [0.5, 0.6) is 0 Å². The first kappa shape index (κ1) is 17.1. The maximum Gasteiger partial charge on any atom is 0.350 e. The van der Waals surface area contributed by atoms with Gasteiger partial charge in [-0.05, 0) is 19.8 Å². The van der Waals surface area contributed by atoms with Crippen molar-refractivity contribution in [2.45, 2.75) is 32.4 Å². The molecule has 2 aromatic heterocycles. The van der Waals surface area contributed by atoms with Gasteiger partial charge in [0.1, 0.15) is 6.35 Å². The Balaban J connectivity index is 1.83. The summed E-state index contributed by atoms with van der Waals surface area (Å²) >= 11 is 0. The van der Waals surface area contributed by atoms with Gasteiger partial charge < -0.3 is 29.7 Å². The van der Waals surface area contributed by atoms with E-state index in [1.807, 2.05) is 0 Å². The van der Waals surface area contributed by atoms with Gasteiger partial charge in [0.05, 0.1) is 19.0 Å². The highest BCUT2D eigenvalue weighted by Gasteiger charge is 2.21. The minimum atomic E-state index is -4.19. The van der Waals surface area contributed by atoms with Crippen LogP contribution in [0.25, 0.3) is 11.2 Å². The number of ether oxygens (including phenoxy) is 1. The summed E-state index contributed by atoms with van der Waals surface area (Å²) in [6.07, 6.45) is 2.81. The summed E-state index contributed by atoms with van der Waals surface area (Å²) in [4.78, 5) is 32.9. The third-order valence-corrected chi connectivity index (χ3v) is 4.33.